The van der Waals surface area contributed by atoms with E-state index in [9.17, 15) is 4.39 Å². The summed E-state index contributed by atoms with van der Waals surface area (Å²) in [5, 5.41) is 16.3. The van der Waals surface area contributed by atoms with Crippen molar-refractivity contribution in [2.24, 2.45) is 0 Å². The predicted octanol–water partition coefficient (Wildman–Crippen LogP) is 9.49. The van der Waals surface area contributed by atoms with Crippen molar-refractivity contribution in [2.45, 2.75) is 0 Å². The first-order valence-electron chi connectivity index (χ1n) is 14.1. The van der Waals surface area contributed by atoms with Gasteiger partial charge in [0, 0.05) is 11.4 Å². The third-order valence-electron chi connectivity index (χ3n) is 9.15. The molecule has 0 nitrogen and oxygen atoms in total. The third-order valence-corrected chi connectivity index (χ3v) is 12.8. The van der Waals surface area contributed by atoms with Gasteiger partial charge in [0.15, 0.2) is 0 Å². The average Bonchev–Trinajstić information content (AvgIpc) is 3.02. The van der Waals surface area contributed by atoms with Crippen molar-refractivity contribution in [1.82, 2.24) is 0 Å². The Balaban J connectivity index is 1.48. The van der Waals surface area contributed by atoms with Gasteiger partial charge in [0.05, 0.1) is 0 Å². The van der Waals surface area contributed by atoms with Gasteiger partial charge in [0.25, 0.3) is 0 Å². The Morgan fingerprint density at radius 3 is 1.24 bits per heavy atom. The van der Waals surface area contributed by atoms with Crippen LogP contribution in [-0.4, -0.2) is 6.30 Å². The fourth-order valence-corrected chi connectivity index (χ4v) is 10.7. The maximum atomic E-state index is 16.1. The first-order chi connectivity index (χ1) is 20.5. The molecule has 0 aliphatic heterocycles. The number of rotatable bonds is 3. The number of hydrogen-bond donors (Lipinski definition) is 0. The molecule has 42 heavy (non-hydrogen) atoms. The summed E-state index contributed by atoms with van der Waals surface area (Å²) in [6.07, 6.45) is 4.98. The number of benzene rings is 9. The van der Waals surface area contributed by atoms with E-state index < -0.39 is 18.5 Å². The summed E-state index contributed by atoms with van der Waals surface area (Å²) in [6.45, 7) is -2.89. The van der Waals surface area contributed by atoms with Crippen molar-refractivity contribution >= 4 is 93.7 Å². The standard InChI is InChI=1S/C39H23F2P/c1-42(35-21-16-29(40)22-32(35)41,33-19-14-27-10-8-23-4-2-6-25-12-17-30(33)38(27)36(23)25)34-20-15-28-11-9-24-5-3-7-26-13-18-31(34)39(28)37(24)26/h2-22H,1H2. The SMILES string of the molecule is C=P(c1ccc(F)cc1F)(c1ccc2ccc3cccc4ccc1c2c34)c1ccc2ccc3cccc4ccc1c2c34. The molecule has 0 saturated carbocycles. The minimum absolute atomic E-state index is 0.453. The van der Waals surface area contributed by atoms with Crippen LogP contribution < -0.4 is 15.9 Å². The Bertz CT molecular complexity index is 2390. The molecule has 3 heteroatoms. The summed E-state index contributed by atoms with van der Waals surface area (Å²) in [6, 6.07) is 42.5. The largest absolute Gasteiger partial charge is 0.207 e. The fourth-order valence-electron chi connectivity index (χ4n) is 7.29. The van der Waals surface area contributed by atoms with E-state index in [1.54, 1.807) is 6.07 Å². The molecule has 0 aromatic heterocycles. The van der Waals surface area contributed by atoms with E-state index in [1.807, 2.05) is 0 Å². The highest BCUT2D eigenvalue weighted by atomic mass is 31.2. The van der Waals surface area contributed by atoms with Gasteiger partial charge in [-0.15, -0.1) is 0 Å². The van der Waals surface area contributed by atoms with Crippen LogP contribution in [0.15, 0.2) is 127 Å². The molecule has 9 aromatic rings. The first-order valence-corrected chi connectivity index (χ1v) is 16.0. The lowest BCUT2D eigenvalue weighted by Gasteiger charge is -2.30. The van der Waals surface area contributed by atoms with E-state index in [0.29, 0.717) is 5.30 Å². The maximum absolute atomic E-state index is 16.1. The molecule has 0 spiro atoms. The van der Waals surface area contributed by atoms with Crippen LogP contribution in [0.25, 0.3) is 64.6 Å². The molecule has 0 saturated heterocycles. The zero-order valence-electron chi connectivity index (χ0n) is 22.5. The normalized spacial score (nSPS) is 12.6. The van der Waals surface area contributed by atoms with Crippen molar-refractivity contribution in [2.75, 3.05) is 0 Å². The van der Waals surface area contributed by atoms with E-state index in [1.165, 1.54) is 38.4 Å². The Kier molecular flexibility index (Phi) is 4.76. The molecule has 0 fully saturated rings. The average molecular weight is 561 g/mol. The highest BCUT2D eigenvalue weighted by Gasteiger charge is 2.30. The second kappa shape index (κ2) is 8.38. The Morgan fingerprint density at radius 1 is 0.405 bits per heavy atom. The molecule has 0 heterocycles. The molecule has 0 atom stereocenters. The third kappa shape index (κ3) is 3.05. The van der Waals surface area contributed by atoms with Crippen molar-refractivity contribution in [3.05, 3.63) is 139 Å². The minimum Gasteiger partial charge on any atom is -0.207 e. The summed E-state index contributed by atoms with van der Waals surface area (Å²) < 4.78 is 30.4. The second-order valence-corrected chi connectivity index (χ2v) is 14.4. The van der Waals surface area contributed by atoms with Crippen LogP contribution in [0.1, 0.15) is 0 Å². The van der Waals surface area contributed by atoms with Crippen LogP contribution in [0.5, 0.6) is 0 Å². The second-order valence-electron chi connectivity index (χ2n) is 11.3. The molecule has 0 N–H and O–H groups in total. The van der Waals surface area contributed by atoms with E-state index in [2.05, 4.69) is 109 Å². The smallest absolute Gasteiger partial charge is 0.134 e. The molecule has 0 aliphatic carbocycles. The van der Waals surface area contributed by atoms with Crippen LogP contribution in [0.2, 0.25) is 0 Å². The number of halogens is 2. The molecule has 0 bridgehead atoms. The van der Waals surface area contributed by atoms with Crippen molar-refractivity contribution in [3.8, 4) is 0 Å². The van der Waals surface area contributed by atoms with Gasteiger partial charge in [-0.3, -0.25) is 0 Å². The Morgan fingerprint density at radius 2 is 0.786 bits per heavy atom. The molecule has 0 amide bonds. The Labute approximate surface area is 241 Å². The predicted molar refractivity (Wildman–Crippen MR) is 180 cm³/mol. The van der Waals surface area contributed by atoms with Gasteiger partial charge in [-0.25, -0.2) is 8.78 Å². The van der Waals surface area contributed by atoms with E-state index in [4.69, 9.17) is 6.30 Å². The summed E-state index contributed by atoms with van der Waals surface area (Å²) >= 11 is 0. The maximum Gasteiger partial charge on any atom is 0.134 e. The van der Waals surface area contributed by atoms with Crippen LogP contribution in [-0.2, 0) is 0 Å². The molecule has 0 unspecified atom stereocenters. The zero-order chi connectivity index (χ0) is 28.2. The molecular formula is C39H23F2P. The van der Waals surface area contributed by atoms with E-state index in [0.717, 1.165) is 49.0 Å². The molecule has 0 radical (unpaired) electrons. The van der Waals surface area contributed by atoms with Gasteiger partial charge < -0.3 is 0 Å². The minimum atomic E-state index is -2.89. The van der Waals surface area contributed by atoms with Crippen molar-refractivity contribution in [3.63, 3.8) is 0 Å². The molecular weight excluding hydrogens is 537 g/mol. The molecule has 9 aromatic carbocycles. The van der Waals surface area contributed by atoms with E-state index >= 15 is 4.39 Å². The topological polar surface area (TPSA) is 0 Å². The van der Waals surface area contributed by atoms with Gasteiger partial charge in [-0.1, -0.05) is 115 Å². The number of hydrogen-bond acceptors (Lipinski definition) is 0. The monoisotopic (exact) mass is 560 g/mol. The van der Waals surface area contributed by atoms with Crippen molar-refractivity contribution in [1.29, 1.82) is 0 Å². The van der Waals surface area contributed by atoms with Gasteiger partial charge >= 0.3 is 0 Å². The fraction of sp³-hybridized carbons (Fsp3) is 0. The summed E-state index contributed by atoms with van der Waals surface area (Å²) in [7, 11) is 0. The van der Waals surface area contributed by atoms with Crippen LogP contribution in [0.3, 0.4) is 0 Å². The lowest BCUT2D eigenvalue weighted by Crippen LogP contribution is -2.29. The van der Waals surface area contributed by atoms with Crippen LogP contribution in [0, 0.1) is 11.6 Å². The molecule has 0 aliphatic rings. The first kappa shape index (κ1) is 23.9. The summed E-state index contributed by atoms with van der Waals surface area (Å²) in [4.78, 5) is 0. The van der Waals surface area contributed by atoms with Gasteiger partial charge in [-0.2, -0.15) is 0 Å². The highest BCUT2D eigenvalue weighted by molar-refractivity contribution is 7.94. The molecule has 198 valence electrons. The van der Waals surface area contributed by atoms with Gasteiger partial charge in [-0.05, 0) is 94.3 Å². The van der Waals surface area contributed by atoms with Crippen LogP contribution in [0.4, 0.5) is 8.78 Å². The van der Waals surface area contributed by atoms with E-state index in [-0.39, 0.29) is 0 Å². The lowest BCUT2D eigenvalue weighted by atomic mass is 9.94. The highest BCUT2D eigenvalue weighted by Crippen LogP contribution is 2.49. The quantitative estimate of drug-likeness (QED) is 0.149. The summed E-state index contributed by atoms with van der Waals surface area (Å²) in [5.41, 5.74) is 0. The van der Waals surface area contributed by atoms with Crippen molar-refractivity contribution < 1.29 is 8.78 Å². The van der Waals surface area contributed by atoms with Crippen LogP contribution >= 0.6 is 6.89 Å². The molecule has 9 rings (SSSR count). The van der Waals surface area contributed by atoms with Gasteiger partial charge in [0.2, 0.25) is 0 Å². The Hall–Kier alpha value is -4.78. The lowest BCUT2D eigenvalue weighted by molar-refractivity contribution is 0.588. The summed E-state index contributed by atoms with van der Waals surface area (Å²) in [5.74, 6) is -1.15. The zero-order valence-corrected chi connectivity index (χ0v) is 23.4. The van der Waals surface area contributed by atoms with Gasteiger partial charge in [0.1, 0.15) is 11.6 Å².